The average molecular weight is 203 g/mol. The van der Waals surface area contributed by atoms with Gasteiger partial charge in [-0.15, -0.1) is 0 Å². The molecule has 1 aromatic rings. The Bertz CT molecular complexity index is 358. The van der Waals surface area contributed by atoms with Gasteiger partial charge in [0.2, 0.25) is 0 Å². The molecule has 0 radical (unpaired) electrons. The van der Waals surface area contributed by atoms with Gasteiger partial charge in [-0.2, -0.15) is 5.26 Å². The second kappa shape index (κ2) is 4.81. The van der Waals surface area contributed by atoms with E-state index in [-0.39, 0.29) is 5.54 Å². The molecule has 0 aromatic heterocycles. The molecule has 0 aliphatic rings. The predicted octanol–water partition coefficient (Wildman–Crippen LogP) is 2.10. The summed E-state index contributed by atoms with van der Waals surface area (Å²) in [6.07, 6.45) is 0.868. The normalized spacial score (nSPS) is 10.8. The van der Waals surface area contributed by atoms with Crippen LogP contribution in [-0.4, -0.2) is 12.1 Å². The summed E-state index contributed by atoms with van der Waals surface area (Å²) >= 11 is 0. The number of nitriles is 1. The number of nitrogens with one attached hydrogen (secondary N) is 1. The Labute approximate surface area is 90.9 Å². The molecule has 3 heteroatoms. The molecule has 0 bridgehead atoms. The SMILES string of the molecule is CC(C)(N)CCNc1ccccc1C#N. The second-order valence-corrected chi connectivity index (χ2v) is 4.32. The number of rotatable bonds is 4. The first-order valence-electron chi connectivity index (χ1n) is 5.05. The van der Waals surface area contributed by atoms with E-state index in [0.717, 1.165) is 18.7 Å². The summed E-state index contributed by atoms with van der Waals surface area (Å²) in [6.45, 7) is 4.76. The zero-order valence-corrected chi connectivity index (χ0v) is 9.25. The highest BCUT2D eigenvalue weighted by molar-refractivity contribution is 5.57. The van der Waals surface area contributed by atoms with Crippen LogP contribution in [0.2, 0.25) is 0 Å². The molecule has 0 aliphatic carbocycles. The smallest absolute Gasteiger partial charge is 0.101 e. The fourth-order valence-corrected chi connectivity index (χ4v) is 1.25. The minimum Gasteiger partial charge on any atom is -0.384 e. The average Bonchev–Trinajstić information content (AvgIpc) is 2.16. The molecular formula is C12H17N3. The van der Waals surface area contributed by atoms with Gasteiger partial charge in [0.1, 0.15) is 6.07 Å². The quantitative estimate of drug-likeness (QED) is 0.787. The molecule has 0 fully saturated rings. The number of benzene rings is 1. The maximum atomic E-state index is 8.86. The first-order valence-corrected chi connectivity index (χ1v) is 5.05. The molecule has 0 unspecified atom stereocenters. The number of nitrogens with zero attached hydrogens (tertiary/aromatic N) is 1. The van der Waals surface area contributed by atoms with Crippen molar-refractivity contribution in [3.63, 3.8) is 0 Å². The summed E-state index contributed by atoms with van der Waals surface area (Å²) in [5.41, 5.74) is 7.25. The molecule has 0 aliphatic heterocycles. The minimum absolute atomic E-state index is 0.172. The van der Waals surface area contributed by atoms with E-state index in [1.54, 1.807) is 6.07 Å². The lowest BCUT2D eigenvalue weighted by atomic mass is 10.0. The van der Waals surface area contributed by atoms with Crippen molar-refractivity contribution < 1.29 is 0 Å². The van der Waals surface area contributed by atoms with Crippen molar-refractivity contribution in [2.45, 2.75) is 25.8 Å². The number of anilines is 1. The van der Waals surface area contributed by atoms with Gasteiger partial charge >= 0.3 is 0 Å². The molecule has 15 heavy (non-hydrogen) atoms. The summed E-state index contributed by atoms with van der Waals surface area (Å²) in [7, 11) is 0. The van der Waals surface area contributed by atoms with Crippen molar-refractivity contribution in [3.05, 3.63) is 29.8 Å². The fourth-order valence-electron chi connectivity index (χ4n) is 1.25. The monoisotopic (exact) mass is 203 g/mol. The largest absolute Gasteiger partial charge is 0.384 e. The maximum absolute atomic E-state index is 8.86. The van der Waals surface area contributed by atoms with E-state index < -0.39 is 0 Å². The van der Waals surface area contributed by atoms with Crippen molar-refractivity contribution in [3.8, 4) is 6.07 Å². The van der Waals surface area contributed by atoms with E-state index in [1.165, 1.54) is 0 Å². The molecule has 3 nitrogen and oxygen atoms in total. The van der Waals surface area contributed by atoms with E-state index >= 15 is 0 Å². The lowest BCUT2D eigenvalue weighted by Crippen LogP contribution is -2.34. The van der Waals surface area contributed by atoms with Crippen molar-refractivity contribution in [2.24, 2.45) is 5.73 Å². The molecule has 1 aromatic carbocycles. The Morgan fingerprint density at radius 1 is 1.40 bits per heavy atom. The first-order chi connectivity index (χ1) is 7.03. The third-order valence-electron chi connectivity index (χ3n) is 2.13. The Kier molecular flexibility index (Phi) is 3.70. The topological polar surface area (TPSA) is 61.8 Å². The lowest BCUT2D eigenvalue weighted by Gasteiger charge is -2.19. The number of hydrogen-bond acceptors (Lipinski definition) is 3. The zero-order chi connectivity index (χ0) is 11.3. The van der Waals surface area contributed by atoms with E-state index in [2.05, 4.69) is 11.4 Å². The van der Waals surface area contributed by atoms with Crippen LogP contribution in [0.4, 0.5) is 5.69 Å². The Morgan fingerprint density at radius 3 is 2.67 bits per heavy atom. The maximum Gasteiger partial charge on any atom is 0.101 e. The highest BCUT2D eigenvalue weighted by Crippen LogP contribution is 2.14. The number of nitrogens with two attached hydrogens (primary N) is 1. The van der Waals surface area contributed by atoms with Crippen molar-refractivity contribution in [1.82, 2.24) is 0 Å². The van der Waals surface area contributed by atoms with Gasteiger partial charge in [0.05, 0.1) is 11.3 Å². The van der Waals surface area contributed by atoms with Crippen LogP contribution in [-0.2, 0) is 0 Å². The van der Waals surface area contributed by atoms with Crippen molar-refractivity contribution >= 4 is 5.69 Å². The molecule has 0 heterocycles. The highest BCUT2D eigenvalue weighted by Gasteiger charge is 2.09. The second-order valence-electron chi connectivity index (χ2n) is 4.32. The molecule has 0 spiro atoms. The Morgan fingerprint density at radius 2 is 2.07 bits per heavy atom. The summed E-state index contributed by atoms with van der Waals surface area (Å²) in [6, 6.07) is 9.63. The molecule has 0 saturated carbocycles. The predicted molar refractivity (Wildman–Crippen MR) is 62.5 cm³/mol. The molecule has 0 amide bonds. The van der Waals surface area contributed by atoms with Crippen LogP contribution in [0.25, 0.3) is 0 Å². The van der Waals surface area contributed by atoms with Crippen LogP contribution in [0, 0.1) is 11.3 Å². The van der Waals surface area contributed by atoms with Gasteiger partial charge in [-0.05, 0) is 32.4 Å². The van der Waals surface area contributed by atoms with Crippen LogP contribution >= 0.6 is 0 Å². The third-order valence-corrected chi connectivity index (χ3v) is 2.13. The van der Waals surface area contributed by atoms with Crippen LogP contribution in [0.5, 0.6) is 0 Å². The minimum atomic E-state index is -0.172. The highest BCUT2D eigenvalue weighted by atomic mass is 14.9. The van der Waals surface area contributed by atoms with Crippen molar-refractivity contribution in [1.29, 1.82) is 5.26 Å². The summed E-state index contributed by atoms with van der Waals surface area (Å²) in [5.74, 6) is 0. The fraction of sp³-hybridized carbons (Fsp3) is 0.417. The zero-order valence-electron chi connectivity index (χ0n) is 9.25. The van der Waals surface area contributed by atoms with Gasteiger partial charge in [0.25, 0.3) is 0 Å². The molecule has 80 valence electrons. The summed E-state index contributed by atoms with van der Waals surface area (Å²) in [5, 5.41) is 12.1. The van der Waals surface area contributed by atoms with E-state index in [4.69, 9.17) is 11.0 Å². The Balaban J connectivity index is 2.55. The third kappa shape index (κ3) is 4.01. The van der Waals surface area contributed by atoms with Gasteiger partial charge in [-0.25, -0.2) is 0 Å². The molecule has 3 N–H and O–H groups in total. The molecule has 1 rings (SSSR count). The Hall–Kier alpha value is -1.53. The van der Waals surface area contributed by atoms with Crippen LogP contribution in [0.15, 0.2) is 24.3 Å². The molecular weight excluding hydrogens is 186 g/mol. The van der Waals surface area contributed by atoms with E-state index in [1.807, 2.05) is 32.0 Å². The van der Waals surface area contributed by atoms with E-state index in [9.17, 15) is 0 Å². The standard InChI is InChI=1S/C12H17N3/c1-12(2,14)7-8-15-11-6-4-3-5-10(11)9-13/h3-6,15H,7-8,14H2,1-2H3. The molecule has 0 saturated heterocycles. The first kappa shape index (κ1) is 11.5. The summed E-state index contributed by atoms with van der Waals surface area (Å²) < 4.78 is 0. The summed E-state index contributed by atoms with van der Waals surface area (Å²) in [4.78, 5) is 0. The number of para-hydroxylation sites is 1. The van der Waals surface area contributed by atoms with Crippen LogP contribution < -0.4 is 11.1 Å². The van der Waals surface area contributed by atoms with Gasteiger partial charge in [0.15, 0.2) is 0 Å². The van der Waals surface area contributed by atoms with Gasteiger partial charge < -0.3 is 11.1 Å². The van der Waals surface area contributed by atoms with Gasteiger partial charge in [0, 0.05) is 12.1 Å². The molecule has 0 atom stereocenters. The lowest BCUT2D eigenvalue weighted by molar-refractivity contribution is 0.491. The number of hydrogen-bond donors (Lipinski definition) is 2. The van der Waals surface area contributed by atoms with Crippen molar-refractivity contribution in [2.75, 3.05) is 11.9 Å². The van der Waals surface area contributed by atoms with Gasteiger partial charge in [-0.1, -0.05) is 12.1 Å². The van der Waals surface area contributed by atoms with Crippen LogP contribution in [0.3, 0.4) is 0 Å². The van der Waals surface area contributed by atoms with Crippen LogP contribution in [0.1, 0.15) is 25.8 Å². The van der Waals surface area contributed by atoms with E-state index in [0.29, 0.717) is 5.56 Å². The van der Waals surface area contributed by atoms with Gasteiger partial charge in [-0.3, -0.25) is 0 Å².